The van der Waals surface area contributed by atoms with Gasteiger partial charge in [0.05, 0.1) is 17.1 Å². The van der Waals surface area contributed by atoms with Gasteiger partial charge in [-0.3, -0.25) is 4.79 Å². The second-order valence-electron chi connectivity index (χ2n) is 5.60. The van der Waals surface area contributed by atoms with E-state index in [0.29, 0.717) is 0 Å². The Balaban J connectivity index is 2.25. The molecule has 1 aliphatic rings. The number of rotatable bonds is 2. The van der Waals surface area contributed by atoms with Gasteiger partial charge in [-0.15, -0.1) is 0 Å². The standard InChI is InChI=1S/C13H18O2S/c1-12(2)7-10(13(3,4)15-12)11(14)9-5-6-16-8-9/h5-6,8,10H,7H2,1-4H3. The fourth-order valence-corrected chi connectivity index (χ4v) is 3.22. The minimum absolute atomic E-state index is 0.0305. The molecule has 0 amide bonds. The average molecular weight is 238 g/mol. The van der Waals surface area contributed by atoms with E-state index in [1.54, 1.807) is 11.3 Å². The van der Waals surface area contributed by atoms with Crippen LogP contribution in [0.5, 0.6) is 0 Å². The average Bonchev–Trinajstić information content (AvgIpc) is 2.69. The summed E-state index contributed by atoms with van der Waals surface area (Å²) in [6.07, 6.45) is 0.800. The molecule has 2 rings (SSSR count). The first-order chi connectivity index (χ1) is 7.32. The Bertz CT molecular complexity index is 390. The van der Waals surface area contributed by atoms with Crippen molar-refractivity contribution in [3.63, 3.8) is 0 Å². The summed E-state index contributed by atoms with van der Waals surface area (Å²) in [5.41, 5.74) is 0.270. The Labute approximate surface area is 101 Å². The maximum absolute atomic E-state index is 12.3. The molecule has 1 aromatic heterocycles. The maximum Gasteiger partial charge on any atom is 0.169 e. The van der Waals surface area contributed by atoms with Crippen LogP contribution in [0.1, 0.15) is 44.5 Å². The monoisotopic (exact) mass is 238 g/mol. The van der Waals surface area contributed by atoms with E-state index >= 15 is 0 Å². The van der Waals surface area contributed by atoms with Gasteiger partial charge in [0, 0.05) is 10.9 Å². The van der Waals surface area contributed by atoms with Crippen molar-refractivity contribution < 1.29 is 9.53 Å². The Morgan fingerprint density at radius 3 is 2.56 bits per heavy atom. The van der Waals surface area contributed by atoms with Gasteiger partial charge in [0.2, 0.25) is 0 Å². The molecule has 0 saturated carbocycles. The van der Waals surface area contributed by atoms with E-state index < -0.39 is 0 Å². The van der Waals surface area contributed by atoms with Crippen molar-refractivity contribution in [2.45, 2.75) is 45.3 Å². The van der Waals surface area contributed by atoms with E-state index in [0.717, 1.165) is 12.0 Å². The lowest BCUT2D eigenvalue weighted by Gasteiger charge is -2.26. The molecular formula is C13H18O2S. The summed E-state index contributed by atoms with van der Waals surface area (Å²) in [6.45, 7) is 8.12. The van der Waals surface area contributed by atoms with Crippen molar-refractivity contribution in [3.8, 4) is 0 Å². The fourth-order valence-electron chi connectivity index (χ4n) is 2.58. The minimum atomic E-state index is -0.359. The highest BCUT2D eigenvalue weighted by Crippen LogP contribution is 2.43. The lowest BCUT2D eigenvalue weighted by atomic mass is 9.82. The number of thiophene rings is 1. The molecule has 88 valence electrons. The van der Waals surface area contributed by atoms with Gasteiger partial charge >= 0.3 is 0 Å². The third-order valence-electron chi connectivity index (χ3n) is 3.20. The normalized spacial score (nSPS) is 26.9. The minimum Gasteiger partial charge on any atom is -0.369 e. The molecule has 1 aromatic rings. The molecule has 0 aromatic carbocycles. The molecule has 2 heterocycles. The molecule has 1 aliphatic heterocycles. The molecule has 16 heavy (non-hydrogen) atoms. The van der Waals surface area contributed by atoms with Crippen LogP contribution in [0.15, 0.2) is 16.8 Å². The van der Waals surface area contributed by atoms with Crippen LogP contribution in [-0.2, 0) is 4.74 Å². The summed E-state index contributed by atoms with van der Waals surface area (Å²) < 4.78 is 5.95. The zero-order valence-electron chi connectivity index (χ0n) is 10.2. The van der Waals surface area contributed by atoms with Crippen molar-refractivity contribution in [3.05, 3.63) is 22.4 Å². The second kappa shape index (κ2) is 3.67. The van der Waals surface area contributed by atoms with Crippen LogP contribution in [-0.4, -0.2) is 17.0 Å². The Morgan fingerprint density at radius 1 is 1.44 bits per heavy atom. The van der Waals surface area contributed by atoms with Crippen LogP contribution in [0.3, 0.4) is 0 Å². The van der Waals surface area contributed by atoms with Crippen LogP contribution >= 0.6 is 11.3 Å². The molecule has 0 aliphatic carbocycles. The fraction of sp³-hybridized carbons (Fsp3) is 0.615. The van der Waals surface area contributed by atoms with Crippen molar-refractivity contribution in [1.82, 2.24) is 0 Å². The van der Waals surface area contributed by atoms with Crippen LogP contribution in [0.25, 0.3) is 0 Å². The van der Waals surface area contributed by atoms with Gasteiger partial charge in [-0.1, -0.05) is 0 Å². The molecule has 0 radical (unpaired) electrons. The molecule has 3 heteroatoms. The number of ether oxygens (including phenoxy) is 1. The summed E-state index contributed by atoms with van der Waals surface area (Å²) in [7, 11) is 0. The Morgan fingerprint density at radius 2 is 2.12 bits per heavy atom. The Kier molecular flexibility index (Phi) is 2.71. The molecule has 2 nitrogen and oxygen atoms in total. The van der Waals surface area contributed by atoms with E-state index in [4.69, 9.17) is 4.74 Å². The summed E-state index contributed by atoms with van der Waals surface area (Å²) in [5.74, 6) is 0.189. The van der Waals surface area contributed by atoms with Gasteiger partial charge < -0.3 is 4.74 Å². The number of carbonyl (C=O) groups is 1. The molecular weight excluding hydrogens is 220 g/mol. The van der Waals surface area contributed by atoms with E-state index in [9.17, 15) is 4.79 Å². The van der Waals surface area contributed by atoms with E-state index in [2.05, 4.69) is 13.8 Å². The van der Waals surface area contributed by atoms with E-state index in [1.165, 1.54) is 0 Å². The predicted molar refractivity (Wildman–Crippen MR) is 66.0 cm³/mol. The topological polar surface area (TPSA) is 26.3 Å². The van der Waals surface area contributed by atoms with Crippen LogP contribution in [0.2, 0.25) is 0 Å². The number of hydrogen-bond donors (Lipinski definition) is 0. The first-order valence-corrected chi connectivity index (χ1v) is 6.53. The SMILES string of the molecule is CC1(C)CC(C(=O)c2ccsc2)C(C)(C)O1. The number of ketones is 1. The summed E-state index contributed by atoms with van der Waals surface area (Å²) in [4.78, 5) is 12.3. The quantitative estimate of drug-likeness (QED) is 0.737. The smallest absolute Gasteiger partial charge is 0.169 e. The summed E-state index contributed by atoms with van der Waals surface area (Å²) >= 11 is 1.57. The van der Waals surface area contributed by atoms with E-state index in [-0.39, 0.29) is 22.9 Å². The largest absolute Gasteiger partial charge is 0.369 e. The van der Waals surface area contributed by atoms with Gasteiger partial charge in [0.1, 0.15) is 0 Å². The van der Waals surface area contributed by atoms with Crippen molar-refractivity contribution >= 4 is 17.1 Å². The van der Waals surface area contributed by atoms with Crippen molar-refractivity contribution in [2.24, 2.45) is 5.92 Å². The van der Waals surface area contributed by atoms with Gasteiger partial charge in [-0.05, 0) is 45.6 Å². The summed E-state index contributed by atoms with van der Waals surface area (Å²) in [5, 5.41) is 3.87. The highest BCUT2D eigenvalue weighted by Gasteiger charge is 2.49. The lowest BCUT2D eigenvalue weighted by molar-refractivity contribution is -0.0712. The van der Waals surface area contributed by atoms with Gasteiger partial charge in [-0.25, -0.2) is 0 Å². The zero-order chi connectivity index (χ0) is 12.0. The van der Waals surface area contributed by atoms with Gasteiger partial charge in [0.15, 0.2) is 5.78 Å². The third-order valence-corrected chi connectivity index (χ3v) is 3.88. The first kappa shape index (κ1) is 11.8. The molecule has 1 fully saturated rings. The first-order valence-electron chi connectivity index (χ1n) is 5.58. The second-order valence-corrected chi connectivity index (χ2v) is 6.38. The van der Waals surface area contributed by atoms with Crippen LogP contribution < -0.4 is 0 Å². The molecule has 1 unspecified atom stereocenters. The summed E-state index contributed by atoms with van der Waals surface area (Å²) in [6, 6.07) is 1.90. The predicted octanol–water partition coefficient (Wildman–Crippen LogP) is 3.52. The number of hydrogen-bond acceptors (Lipinski definition) is 3. The third kappa shape index (κ3) is 2.06. The molecule has 0 bridgehead atoms. The highest BCUT2D eigenvalue weighted by molar-refractivity contribution is 7.08. The Hall–Kier alpha value is -0.670. The number of carbonyl (C=O) groups excluding carboxylic acids is 1. The lowest BCUT2D eigenvalue weighted by Crippen LogP contribution is -2.33. The van der Waals surface area contributed by atoms with Crippen LogP contribution in [0, 0.1) is 5.92 Å². The molecule has 1 atom stereocenters. The molecule has 0 N–H and O–H groups in total. The van der Waals surface area contributed by atoms with Crippen molar-refractivity contribution in [2.75, 3.05) is 0 Å². The molecule has 0 spiro atoms. The zero-order valence-corrected chi connectivity index (χ0v) is 11.1. The van der Waals surface area contributed by atoms with Crippen molar-refractivity contribution in [1.29, 1.82) is 0 Å². The maximum atomic E-state index is 12.3. The van der Waals surface area contributed by atoms with Gasteiger partial charge in [0.25, 0.3) is 0 Å². The highest BCUT2D eigenvalue weighted by atomic mass is 32.1. The van der Waals surface area contributed by atoms with Gasteiger partial charge in [-0.2, -0.15) is 11.3 Å². The van der Waals surface area contributed by atoms with E-state index in [1.807, 2.05) is 30.7 Å². The van der Waals surface area contributed by atoms with Crippen LogP contribution in [0.4, 0.5) is 0 Å². The molecule has 1 saturated heterocycles. The number of Topliss-reactive ketones (excluding diaryl/α,β-unsaturated/α-hetero) is 1.